The number of hydrogen-bond acceptors (Lipinski definition) is 5. The molecule has 2 N–H and O–H groups in total. The molecule has 0 aliphatic carbocycles. The molecule has 2 aromatic heterocycles. The average Bonchev–Trinajstić information content (AvgIpc) is 2.76. The van der Waals surface area contributed by atoms with Crippen molar-refractivity contribution in [3.05, 3.63) is 23.8 Å². The van der Waals surface area contributed by atoms with Crippen molar-refractivity contribution < 1.29 is 0 Å². The Bertz CT molecular complexity index is 609. The Morgan fingerprint density at radius 2 is 1.80 bits per heavy atom. The van der Waals surface area contributed by atoms with Gasteiger partial charge in [0.15, 0.2) is 0 Å². The first kappa shape index (κ1) is 14.3. The number of aromatic nitrogens is 4. The molecular weight excluding hydrogens is 252 g/mol. The van der Waals surface area contributed by atoms with Crippen LogP contribution in [-0.2, 0) is 12.5 Å². The molecule has 0 aliphatic heterocycles. The molecule has 0 spiro atoms. The monoisotopic (exact) mass is 274 g/mol. The van der Waals surface area contributed by atoms with E-state index in [-0.39, 0.29) is 5.41 Å². The lowest BCUT2D eigenvalue weighted by Gasteiger charge is -2.20. The lowest BCUT2D eigenvalue weighted by Crippen LogP contribution is -2.18. The second kappa shape index (κ2) is 5.11. The van der Waals surface area contributed by atoms with Gasteiger partial charge < -0.3 is 10.6 Å². The molecule has 0 fully saturated rings. The van der Waals surface area contributed by atoms with Gasteiger partial charge in [-0.1, -0.05) is 20.8 Å². The van der Waals surface area contributed by atoms with Gasteiger partial charge in [0, 0.05) is 31.3 Å². The van der Waals surface area contributed by atoms with Gasteiger partial charge in [-0.2, -0.15) is 5.10 Å². The summed E-state index contributed by atoms with van der Waals surface area (Å²) in [6.07, 6.45) is 3.69. The Morgan fingerprint density at radius 3 is 2.30 bits per heavy atom. The molecule has 0 saturated carbocycles. The zero-order valence-electron chi connectivity index (χ0n) is 12.9. The summed E-state index contributed by atoms with van der Waals surface area (Å²) in [5.74, 6) is 2.46. The minimum absolute atomic E-state index is 0.106. The minimum atomic E-state index is -0.106. The maximum Gasteiger partial charge on any atom is 0.139 e. The molecule has 0 unspecified atom stereocenters. The predicted octanol–water partition coefficient (Wildman–Crippen LogP) is 2.60. The third-order valence-corrected chi connectivity index (χ3v) is 3.02. The van der Waals surface area contributed by atoms with E-state index in [2.05, 4.69) is 46.5 Å². The van der Waals surface area contributed by atoms with Crippen LogP contribution >= 0.6 is 0 Å². The van der Waals surface area contributed by atoms with Crippen molar-refractivity contribution in [1.29, 1.82) is 0 Å². The minimum Gasteiger partial charge on any atom is -0.373 e. The zero-order chi connectivity index (χ0) is 14.9. The molecule has 6 heteroatoms. The fourth-order valence-corrected chi connectivity index (χ4v) is 1.84. The number of anilines is 3. The highest BCUT2D eigenvalue weighted by Crippen LogP contribution is 2.27. The van der Waals surface area contributed by atoms with Gasteiger partial charge in [-0.15, -0.1) is 0 Å². The van der Waals surface area contributed by atoms with Gasteiger partial charge >= 0.3 is 0 Å². The van der Waals surface area contributed by atoms with E-state index in [1.807, 2.05) is 27.2 Å². The average molecular weight is 274 g/mol. The molecule has 2 rings (SSSR count). The first-order valence-corrected chi connectivity index (χ1v) is 6.64. The van der Waals surface area contributed by atoms with Gasteiger partial charge in [-0.05, 0) is 6.92 Å². The van der Waals surface area contributed by atoms with Crippen molar-refractivity contribution in [3.63, 3.8) is 0 Å². The van der Waals surface area contributed by atoms with Gasteiger partial charge in [-0.25, -0.2) is 9.97 Å². The van der Waals surface area contributed by atoms with Crippen LogP contribution in [0.4, 0.5) is 17.3 Å². The van der Waals surface area contributed by atoms with E-state index in [4.69, 9.17) is 0 Å². The fraction of sp³-hybridized carbons (Fsp3) is 0.500. The van der Waals surface area contributed by atoms with Crippen molar-refractivity contribution >= 4 is 17.3 Å². The van der Waals surface area contributed by atoms with E-state index in [1.165, 1.54) is 0 Å². The number of aryl methyl sites for hydroxylation is 1. The molecular formula is C14H22N6. The van der Waals surface area contributed by atoms with Crippen molar-refractivity contribution in [3.8, 4) is 0 Å². The second-order valence-corrected chi connectivity index (χ2v) is 5.90. The first-order chi connectivity index (χ1) is 9.31. The van der Waals surface area contributed by atoms with Crippen LogP contribution in [0.1, 0.15) is 32.2 Å². The van der Waals surface area contributed by atoms with E-state index in [0.29, 0.717) is 0 Å². The van der Waals surface area contributed by atoms with Gasteiger partial charge in [0.05, 0.1) is 11.9 Å². The molecule has 6 nitrogen and oxygen atoms in total. The van der Waals surface area contributed by atoms with Crippen LogP contribution in [0.3, 0.4) is 0 Å². The van der Waals surface area contributed by atoms with E-state index >= 15 is 0 Å². The van der Waals surface area contributed by atoms with Crippen LogP contribution in [0.2, 0.25) is 0 Å². The SMILES string of the molecule is CNc1nc(C(C)(C)C)nc(Nc2cnn(C)c2)c1C. The largest absolute Gasteiger partial charge is 0.373 e. The van der Waals surface area contributed by atoms with Crippen molar-refractivity contribution in [2.75, 3.05) is 17.7 Å². The van der Waals surface area contributed by atoms with Crippen LogP contribution in [-0.4, -0.2) is 26.8 Å². The van der Waals surface area contributed by atoms with Crippen molar-refractivity contribution in [1.82, 2.24) is 19.7 Å². The highest BCUT2D eigenvalue weighted by atomic mass is 15.3. The van der Waals surface area contributed by atoms with Gasteiger partial charge in [0.2, 0.25) is 0 Å². The molecule has 20 heavy (non-hydrogen) atoms. The number of nitrogens with one attached hydrogen (secondary N) is 2. The third kappa shape index (κ3) is 2.89. The predicted molar refractivity (Wildman–Crippen MR) is 81.5 cm³/mol. The standard InChI is InChI=1S/C14H22N6/c1-9-11(15-5)18-13(14(2,3)4)19-12(9)17-10-7-16-20(6)8-10/h7-8H,1-6H3,(H2,15,17,18,19). The summed E-state index contributed by atoms with van der Waals surface area (Å²) in [6.45, 7) is 8.30. The molecule has 0 saturated heterocycles. The Morgan fingerprint density at radius 1 is 1.15 bits per heavy atom. The topological polar surface area (TPSA) is 67.7 Å². The van der Waals surface area contributed by atoms with Crippen LogP contribution in [0.25, 0.3) is 0 Å². The zero-order valence-corrected chi connectivity index (χ0v) is 12.9. The summed E-state index contributed by atoms with van der Waals surface area (Å²) in [6, 6.07) is 0. The molecule has 0 bridgehead atoms. The van der Waals surface area contributed by atoms with Gasteiger partial charge in [0.1, 0.15) is 17.5 Å². The van der Waals surface area contributed by atoms with E-state index in [1.54, 1.807) is 10.9 Å². The molecule has 108 valence electrons. The molecule has 2 heterocycles. The molecule has 0 radical (unpaired) electrons. The summed E-state index contributed by atoms with van der Waals surface area (Å²) >= 11 is 0. The van der Waals surface area contributed by atoms with Gasteiger partial charge in [0.25, 0.3) is 0 Å². The van der Waals surface area contributed by atoms with E-state index in [9.17, 15) is 0 Å². The Balaban J connectivity index is 2.45. The summed E-state index contributed by atoms with van der Waals surface area (Å²) in [7, 11) is 3.76. The number of rotatable bonds is 3. The Hall–Kier alpha value is -2.11. The lowest BCUT2D eigenvalue weighted by atomic mass is 9.95. The van der Waals surface area contributed by atoms with Crippen LogP contribution < -0.4 is 10.6 Å². The summed E-state index contributed by atoms with van der Waals surface area (Å²) in [4.78, 5) is 9.24. The molecule has 0 aliphatic rings. The Labute approximate surface area is 119 Å². The maximum atomic E-state index is 4.66. The number of hydrogen-bond donors (Lipinski definition) is 2. The maximum absolute atomic E-state index is 4.66. The van der Waals surface area contributed by atoms with Crippen molar-refractivity contribution in [2.24, 2.45) is 7.05 Å². The fourth-order valence-electron chi connectivity index (χ4n) is 1.84. The van der Waals surface area contributed by atoms with Crippen LogP contribution in [0.15, 0.2) is 12.4 Å². The lowest BCUT2D eigenvalue weighted by molar-refractivity contribution is 0.546. The second-order valence-electron chi connectivity index (χ2n) is 5.90. The quantitative estimate of drug-likeness (QED) is 0.900. The van der Waals surface area contributed by atoms with E-state index < -0.39 is 0 Å². The summed E-state index contributed by atoms with van der Waals surface area (Å²) in [5.41, 5.74) is 1.80. The van der Waals surface area contributed by atoms with Gasteiger partial charge in [-0.3, -0.25) is 4.68 Å². The molecule has 0 amide bonds. The molecule has 2 aromatic rings. The highest BCUT2D eigenvalue weighted by Gasteiger charge is 2.21. The first-order valence-electron chi connectivity index (χ1n) is 6.64. The van der Waals surface area contributed by atoms with E-state index in [0.717, 1.165) is 28.7 Å². The van der Waals surface area contributed by atoms with Crippen LogP contribution in [0.5, 0.6) is 0 Å². The smallest absolute Gasteiger partial charge is 0.139 e. The normalized spacial score (nSPS) is 11.5. The molecule has 0 atom stereocenters. The summed E-state index contributed by atoms with van der Waals surface area (Å²) in [5, 5.41) is 10.6. The Kier molecular flexibility index (Phi) is 3.65. The highest BCUT2D eigenvalue weighted by molar-refractivity contribution is 5.64. The third-order valence-electron chi connectivity index (χ3n) is 3.02. The number of nitrogens with zero attached hydrogens (tertiary/aromatic N) is 4. The molecule has 0 aromatic carbocycles. The van der Waals surface area contributed by atoms with Crippen LogP contribution in [0, 0.1) is 6.92 Å². The summed E-state index contributed by atoms with van der Waals surface area (Å²) < 4.78 is 1.75. The van der Waals surface area contributed by atoms with Crippen molar-refractivity contribution in [2.45, 2.75) is 33.1 Å².